The van der Waals surface area contributed by atoms with E-state index in [1.54, 1.807) is 20.8 Å². The smallest absolute Gasteiger partial charge is 0.0402 e. The Bertz CT molecular complexity index is 19.3. The summed E-state index contributed by atoms with van der Waals surface area (Å²) in [5.74, 6) is 0. The predicted octanol–water partition coefficient (Wildman–Crippen LogP) is -0.183. The van der Waals surface area contributed by atoms with Crippen LogP contribution in [0.5, 0.6) is 0 Å². The summed E-state index contributed by atoms with van der Waals surface area (Å²) in [6, 6.07) is 0. The molecule has 0 fully saturated rings. The summed E-state index contributed by atoms with van der Waals surface area (Å²) in [4.78, 5) is 0. The molecule has 4 N–H and O–H groups in total. The van der Waals surface area contributed by atoms with Gasteiger partial charge in [0.1, 0.15) is 0 Å². The number of aliphatic hydroxyl groups excluding tert-OH is 3. The molecule has 0 aliphatic rings. The quantitative estimate of drug-likeness (QED) is 0.512. The molecule has 0 amide bonds. The van der Waals surface area contributed by atoms with Gasteiger partial charge in [0.15, 0.2) is 0 Å². The zero-order valence-corrected chi connectivity index (χ0v) is 8.75. The molecule has 0 saturated carbocycles. The number of rotatable bonds is 0. The van der Waals surface area contributed by atoms with Crippen molar-refractivity contribution in [2.75, 3.05) is 19.8 Å². The normalized spacial score (nSPS) is 4.91. The molecule has 0 aromatic carbocycles. The fraction of sp³-hybridized carbons (Fsp3) is 1.00. The van der Waals surface area contributed by atoms with Crippen LogP contribution < -0.4 is 0 Å². The van der Waals surface area contributed by atoms with Crippen molar-refractivity contribution in [3.63, 3.8) is 0 Å². The first-order valence-corrected chi connectivity index (χ1v) is 3.07. The van der Waals surface area contributed by atoms with E-state index in [2.05, 4.69) is 0 Å². The molecule has 0 rings (SSSR count). The van der Waals surface area contributed by atoms with Gasteiger partial charge in [0, 0.05) is 38.4 Å². The van der Waals surface area contributed by atoms with Gasteiger partial charge in [-0.2, -0.15) is 0 Å². The molecule has 0 heterocycles. The molecule has 0 aromatic rings. The molecule has 0 spiro atoms. The van der Waals surface area contributed by atoms with Crippen molar-refractivity contribution in [2.24, 2.45) is 0 Å². The topological polar surface area (TPSA) is 90.7 Å². The number of hydrogen-bond donors (Lipinski definition) is 3. The van der Waals surface area contributed by atoms with Crippen LogP contribution in [-0.2, 0) is 18.6 Å². The molecule has 0 aromatic heterocycles. The Morgan fingerprint density at radius 2 is 0.727 bits per heavy atom. The van der Waals surface area contributed by atoms with Crippen molar-refractivity contribution in [3.05, 3.63) is 0 Å². The Labute approximate surface area is 80.4 Å². The summed E-state index contributed by atoms with van der Waals surface area (Å²) < 4.78 is 0. The Morgan fingerprint density at radius 3 is 0.727 bits per heavy atom. The van der Waals surface area contributed by atoms with Crippen LogP contribution in [0.2, 0.25) is 0 Å². The Balaban J connectivity index is -0.0000000150. The third kappa shape index (κ3) is 4110. The van der Waals surface area contributed by atoms with E-state index in [1.165, 1.54) is 0 Å². The van der Waals surface area contributed by atoms with Gasteiger partial charge in [-0.15, -0.1) is 0 Å². The van der Waals surface area contributed by atoms with Gasteiger partial charge in [-0.25, -0.2) is 0 Å². The van der Waals surface area contributed by atoms with Gasteiger partial charge >= 0.3 is 0 Å². The summed E-state index contributed by atoms with van der Waals surface area (Å²) in [6.45, 7) is 5.79. The van der Waals surface area contributed by atoms with Crippen LogP contribution in [0, 0.1) is 0 Å². The summed E-state index contributed by atoms with van der Waals surface area (Å²) >= 11 is 0. The number of hydrogen-bond acceptors (Lipinski definition) is 4. The van der Waals surface area contributed by atoms with E-state index in [0.717, 1.165) is 0 Å². The molecule has 4 nitrogen and oxygen atoms in total. The van der Waals surface area contributed by atoms with Crippen molar-refractivity contribution < 1.29 is 39.4 Å². The van der Waals surface area contributed by atoms with Crippen LogP contribution >= 0.6 is 0 Å². The van der Waals surface area contributed by atoms with Gasteiger partial charge in [-0.1, -0.05) is 0 Å². The standard InChI is InChI=1S/3C2H6O.H2O.V/c3*1-2-3;;/h3*3H,2H2,1H3;1H2;/p-1. The van der Waals surface area contributed by atoms with Crippen LogP contribution in [-0.4, -0.2) is 40.6 Å². The molecule has 0 aliphatic carbocycles. The molecular weight excluding hydrogens is 187 g/mol. The minimum absolute atomic E-state index is 0. The minimum Gasteiger partial charge on any atom is -0.870 e. The summed E-state index contributed by atoms with van der Waals surface area (Å²) in [5, 5.41) is 22.7. The zero-order chi connectivity index (χ0) is 8.12. The van der Waals surface area contributed by atoms with Gasteiger partial charge in [-0.05, 0) is 20.8 Å². The first kappa shape index (κ1) is 30.1. The monoisotopic (exact) mass is 206 g/mol. The Kier molecular flexibility index (Phi) is 216. The summed E-state index contributed by atoms with van der Waals surface area (Å²) in [6.07, 6.45) is 0. The van der Waals surface area contributed by atoms with Crippen LogP contribution in [0.1, 0.15) is 20.8 Å². The van der Waals surface area contributed by atoms with Gasteiger partial charge in [0.05, 0.1) is 0 Å². The average molecular weight is 206 g/mol. The van der Waals surface area contributed by atoms with Crippen LogP contribution in [0.15, 0.2) is 0 Å². The van der Waals surface area contributed by atoms with E-state index in [1.807, 2.05) is 0 Å². The fourth-order valence-electron chi connectivity index (χ4n) is 0. The summed E-state index contributed by atoms with van der Waals surface area (Å²) in [5.41, 5.74) is 0. The van der Waals surface area contributed by atoms with Gasteiger partial charge in [-0.3, -0.25) is 0 Å². The van der Waals surface area contributed by atoms with Crippen molar-refractivity contribution in [1.82, 2.24) is 0 Å². The molecule has 73 valence electrons. The zero-order valence-electron chi connectivity index (χ0n) is 7.36. The molecule has 0 bridgehead atoms. The second-order valence-corrected chi connectivity index (χ2v) is 0.949. The molecular formula is C6H19O4V-. The molecule has 5 heteroatoms. The van der Waals surface area contributed by atoms with Gasteiger partial charge in [0.2, 0.25) is 0 Å². The summed E-state index contributed by atoms with van der Waals surface area (Å²) in [7, 11) is 0. The van der Waals surface area contributed by atoms with E-state index in [9.17, 15) is 0 Å². The molecule has 0 atom stereocenters. The van der Waals surface area contributed by atoms with Crippen molar-refractivity contribution in [2.45, 2.75) is 20.8 Å². The molecule has 0 saturated heterocycles. The SMILES string of the molecule is CCO.CCO.CCO.[OH-].[V]. The van der Waals surface area contributed by atoms with Gasteiger partial charge < -0.3 is 20.8 Å². The predicted molar refractivity (Wildman–Crippen MR) is 40.2 cm³/mol. The second kappa shape index (κ2) is 79.0. The Morgan fingerprint density at radius 1 is 0.727 bits per heavy atom. The first-order valence-electron chi connectivity index (χ1n) is 3.07. The van der Waals surface area contributed by atoms with Crippen LogP contribution in [0.25, 0.3) is 0 Å². The third-order valence-electron chi connectivity index (χ3n) is 0. The number of aliphatic hydroxyl groups is 3. The van der Waals surface area contributed by atoms with E-state index in [-0.39, 0.29) is 43.9 Å². The molecule has 0 unspecified atom stereocenters. The average Bonchev–Trinajstić information content (AvgIpc) is 1.70. The maximum atomic E-state index is 7.57. The second-order valence-electron chi connectivity index (χ2n) is 0.949. The van der Waals surface area contributed by atoms with Crippen molar-refractivity contribution in [1.29, 1.82) is 0 Å². The van der Waals surface area contributed by atoms with E-state index in [4.69, 9.17) is 15.3 Å². The van der Waals surface area contributed by atoms with Crippen molar-refractivity contribution >= 4 is 0 Å². The van der Waals surface area contributed by atoms with E-state index >= 15 is 0 Å². The van der Waals surface area contributed by atoms with Crippen LogP contribution in [0.3, 0.4) is 0 Å². The maximum Gasteiger partial charge on any atom is 0.0402 e. The van der Waals surface area contributed by atoms with Gasteiger partial charge in [0.25, 0.3) is 0 Å². The van der Waals surface area contributed by atoms with E-state index in [0.29, 0.717) is 0 Å². The largest absolute Gasteiger partial charge is 0.870 e. The molecule has 11 heavy (non-hydrogen) atoms. The Hall–Kier alpha value is 0.424. The van der Waals surface area contributed by atoms with Crippen LogP contribution in [0.4, 0.5) is 0 Å². The maximum absolute atomic E-state index is 7.57. The first-order chi connectivity index (χ1) is 4.24. The third-order valence-corrected chi connectivity index (χ3v) is 0. The minimum atomic E-state index is 0. The fourth-order valence-corrected chi connectivity index (χ4v) is 0. The van der Waals surface area contributed by atoms with E-state index < -0.39 is 0 Å². The molecule has 1 radical (unpaired) electrons. The molecule has 0 aliphatic heterocycles. The van der Waals surface area contributed by atoms with Crippen molar-refractivity contribution in [3.8, 4) is 0 Å².